The summed E-state index contributed by atoms with van der Waals surface area (Å²) < 4.78 is 0. The van der Waals surface area contributed by atoms with E-state index in [1.807, 2.05) is 30.3 Å². The zero-order chi connectivity index (χ0) is 15.2. The van der Waals surface area contributed by atoms with E-state index in [1.165, 1.54) is 0 Å². The number of hydrogen-bond donors (Lipinski definition) is 2. The molecule has 0 aliphatic heterocycles. The van der Waals surface area contributed by atoms with Crippen LogP contribution < -0.4 is 11.5 Å². The van der Waals surface area contributed by atoms with E-state index in [1.54, 1.807) is 4.90 Å². The molecule has 5 nitrogen and oxygen atoms in total. The molecular weight excluding hydrogens is 266 g/mol. The highest BCUT2D eigenvalue weighted by atomic mass is 16.2. The topological polar surface area (TPSA) is 89.4 Å². The fourth-order valence-electron chi connectivity index (χ4n) is 2.82. The molecule has 1 saturated carbocycles. The lowest BCUT2D eigenvalue weighted by molar-refractivity contribution is -0.136. The summed E-state index contributed by atoms with van der Waals surface area (Å²) in [4.78, 5) is 25.4. The molecule has 1 aliphatic carbocycles. The van der Waals surface area contributed by atoms with Crippen molar-refractivity contribution in [2.75, 3.05) is 6.54 Å². The molecule has 2 atom stereocenters. The number of nitrogens with zero attached hydrogens (tertiary/aromatic N) is 1. The minimum atomic E-state index is -0.385. The Morgan fingerprint density at radius 3 is 2.48 bits per heavy atom. The first-order valence-electron chi connectivity index (χ1n) is 7.43. The molecule has 114 valence electrons. The highest BCUT2D eigenvalue weighted by molar-refractivity contribution is 5.80. The van der Waals surface area contributed by atoms with Gasteiger partial charge in [-0.15, -0.1) is 0 Å². The Morgan fingerprint density at radius 1 is 1.19 bits per heavy atom. The van der Waals surface area contributed by atoms with E-state index in [0.29, 0.717) is 13.1 Å². The highest BCUT2D eigenvalue weighted by Gasteiger charge is 2.31. The van der Waals surface area contributed by atoms with E-state index < -0.39 is 0 Å². The van der Waals surface area contributed by atoms with E-state index in [-0.39, 0.29) is 30.2 Å². The van der Waals surface area contributed by atoms with Crippen LogP contribution in [-0.4, -0.2) is 29.3 Å². The zero-order valence-electron chi connectivity index (χ0n) is 12.2. The van der Waals surface area contributed by atoms with Crippen LogP contribution in [0.15, 0.2) is 30.3 Å². The van der Waals surface area contributed by atoms with Crippen LogP contribution in [0.4, 0.5) is 0 Å². The van der Waals surface area contributed by atoms with Crippen LogP contribution in [0, 0.1) is 5.92 Å². The van der Waals surface area contributed by atoms with E-state index in [0.717, 1.165) is 24.8 Å². The van der Waals surface area contributed by atoms with Crippen LogP contribution in [0.1, 0.15) is 31.2 Å². The fourth-order valence-corrected chi connectivity index (χ4v) is 2.82. The second-order valence-corrected chi connectivity index (χ2v) is 5.73. The number of rotatable bonds is 6. The van der Waals surface area contributed by atoms with Gasteiger partial charge in [0.15, 0.2) is 0 Å². The maximum atomic E-state index is 12.6. The number of benzene rings is 1. The molecule has 0 saturated heterocycles. The molecule has 0 spiro atoms. The van der Waals surface area contributed by atoms with Crippen LogP contribution in [0.25, 0.3) is 0 Å². The van der Waals surface area contributed by atoms with Crippen molar-refractivity contribution in [1.29, 1.82) is 0 Å². The third kappa shape index (κ3) is 4.56. The molecule has 2 unspecified atom stereocenters. The normalized spacial score (nSPS) is 21.2. The van der Waals surface area contributed by atoms with Crippen molar-refractivity contribution >= 4 is 11.8 Å². The number of carbonyl (C=O) groups excluding carboxylic acids is 2. The Morgan fingerprint density at radius 2 is 1.90 bits per heavy atom. The summed E-state index contributed by atoms with van der Waals surface area (Å²) in [5.74, 6) is -0.311. The van der Waals surface area contributed by atoms with Crippen molar-refractivity contribution < 1.29 is 9.59 Å². The summed E-state index contributed by atoms with van der Waals surface area (Å²) in [6.07, 6.45) is 2.66. The van der Waals surface area contributed by atoms with Gasteiger partial charge in [-0.2, -0.15) is 0 Å². The van der Waals surface area contributed by atoms with E-state index >= 15 is 0 Å². The number of primary amides is 1. The average Bonchev–Trinajstić information content (AvgIpc) is 2.90. The molecule has 0 radical (unpaired) electrons. The van der Waals surface area contributed by atoms with Crippen molar-refractivity contribution in [3.8, 4) is 0 Å². The molecular formula is C16H23N3O2. The van der Waals surface area contributed by atoms with Crippen molar-refractivity contribution in [3.63, 3.8) is 0 Å². The van der Waals surface area contributed by atoms with Gasteiger partial charge in [0.05, 0.1) is 0 Å². The molecule has 0 bridgehead atoms. The minimum absolute atomic E-state index is 0.0170. The van der Waals surface area contributed by atoms with Gasteiger partial charge in [0.2, 0.25) is 11.8 Å². The fraction of sp³-hybridized carbons (Fsp3) is 0.500. The molecule has 2 rings (SSSR count). The average molecular weight is 289 g/mol. The van der Waals surface area contributed by atoms with Gasteiger partial charge in [-0.1, -0.05) is 30.3 Å². The van der Waals surface area contributed by atoms with Crippen LogP contribution >= 0.6 is 0 Å². The second kappa shape index (κ2) is 7.22. The first kappa shape index (κ1) is 15.5. The van der Waals surface area contributed by atoms with Gasteiger partial charge in [0, 0.05) is 31.5 Å². The Labute approximate surface area is 125 Å². The molecule has 0 heterocycles. The summed E-state index contributed by atoms with van der Waals surface area (Å²) in [6, 6.07) is 9.90. The van der Waals surface area contributed by atoms with Crippen LogP contribution in [-0.2, 0) is 16.1 Å². The van der Waals surface area contributed by atoms with Gasteiger partial charge in [0.1, 0.15) is 0 Å². The Balaban J connectivity index is 2.04. The molecule has 21 heavy (non-hydrogen) atoms. The lowest BCUT2D eigenvalue weighted by Gasteiger charge is -2.25. The monoisotopic (exact) mass is 289 g/mol. The summed E-state index contributed by atoms with van der Waals surface area (Å²) in [5.41, 5.74) is 12.2. The molecule has 4 N–H and O–H groups in total. The lowest BCUT2D eigenvalue weighted by Crippen LogP contribution is -2.37. The van der Waals surface area contributed by atoms with Crippen LogP contribution in [0.2, 0.25) is 0 Å². The minimum Gasteiger partial charge on any atom is -0.370 e. The van der Waals surface area contributed by atoms with Gasteiger partial charge >= 0.3 is 0 Å². The number of carbonyl (C=O) groups is 2. The molecule has 1 aromatic rings. The Bertz CT molecular complexity index is 490. The van der Waals surface area contributed by atoms with E-state index in [9.17, 15) is 9.59 Å². The van der Waals surface area contributed by atoms with Crippen molar-refractivity contribution in [1.82, 2.24) is 4.90 Å². The standard InChI is InChI=1S/C16H23N3O2/c17-14-7-6-13(10-14)16(21)19(9-8-15(18)20)11-12-4-2-1-3-5-12/h1-5,13-14H,6-11,17H2,(H2,18,20). The van der Waals surface area contributed by atoms with Gasteiger partial charge in [-0.3, -0.25) is 9.59 Å². The third-order valence-corrected chi connectivity index (χ3v) is 3.98. The smallest absolute Gasteiger partial charge is 0.226 e. The van der Waals surface area contributed by atoms with Crippen molar-refractivity contribution in [2.45, 2.75) is 38.3 Å². The molecule has 5 heteroatoms. The summed E-state index contributed by atoms with van der Waals surface area (Å²) in [7, 11) is 0. The summed E-state index contributed by atoms with van der Waals surface area (Å²) in [5, 5.41) is 0. The zero-order valence-corrected chi connectivity index (χ0v) is 12.2. The molecule has 1 aromatic carbocycles. The third-order valence-electron chi connectivity index (χ3n) is 3.98. The van der Waals surface area contributed by atoms with Crippen LogP contribution in [0.5, 0.6) is 0 Å². The maximum absolute atomic E-state index is 12.6. The molecule has 0 aromatic heterocycles. The van der Waals surface area contributed by atoms with Crippen molar-refractivity contribution in [3.05, 3.63) is 35.9 Å². The summed E-state index contributed by atoms with van der Waals surface area (Å²) in [6.45, 7) is 0.882. The van der Waals surface area contributed by atoms with Gasteiger partial charge < -0.3 is 16.4 Å². The molecule has 1 fully saturated rings. The number of amides is 2. The Kier molecular flexibility index (Phi) is 5.33. The molecule has 1 aliphatic rings. The number of hydrogen-bond acceptors (Lipinski definition) is 3. The molecule has 2 amide bonds. The predicted octanol–water partition coefficient (Wildman–Crippen LogP) is 1.02. The SMILES string of the molecule is NC(=O)CCN(Cc1ccccc1)C(=O)C1CCC(N)C1. The lowest BCUT2D eigenvalue weighted by atomic mass is 10.1. The number of nitrogens with two attached hydrogens (primary N) is 2. The first-order valence-corrected chi connectivity index (χ1v) is 7.43. The quantitative estimate of drug-likeness (QED) is 0.819. The first-order chi connectivity index (χ1) is 10.1. The Hall–Kier alpha value is -1.88. The van der Waals surface area contributed by atoms with Gasteiger partial charge in [-0.25, -0.2) is 0 Å². The van der Waals surface area contributed by atoms with Gasteiger partial charge in [-0.05, 0) is 24.8 Å². The van der Waals surface area contributed by atoms with Gasteiger partial charge in [0.25, 0.3) is 0 Å². The van der Waals surface area contributed by atoms with Crippen molar-refractivity contribution in [2.24, 2.45) is 17.4 Å². The largest absolute Gasteiger partial charge is 0.370 e. The van der Waals surface area contributed by atoms with Crippen LogP contribution in [0.3, 0.4) is 0 Å². The van der Waals surface area contributed by atoms with E-state index in [2.05, 4.69) is 0 Å². The highest BCUT2D eigenvalue weighted by Crippen LogP contribution is 2.26. The maximum Gasteiger partial charge on any atom is 0.226 e. The summed E-state index contributed by atoms with van der Waals surface area (Å²) >= 11 is 0. The van der Waals surface area contributed by atoms with E-state index in [4.69, 9.17) is 11.5 Å². The second-order valence-electron chi connectivity index (χ2n) is 5.73. The predicted molar refractivity (Wildman–Crippen MR) is 81.0 cm³/mol.